The zero-order valence-electron chi connectivity index (χ0n) is 20.5. The van der Waals surface area contributed by atoms with Gasteiger partial charge in [0, 0.05) is 17.4 Å². The number of hydrogen-bond acceptors (Lipinski definition) is 5. The van der Waals surface area contributed by atoms with Gasteiger partial charge in [-0.05, 0) is 31.0 Å². The Morgan fingerprint density at radius 1 is 1.06 bits per heavy atom. The fourth-order valence-electron chi connectivity index (χ4n) is 4.54. The van der Waals surface area contributed by atoms with Gasteiger partial charge < -0.3 is 23.7 Å². The van der Waals surface area contributed by atoms with E-state index < -0.39 is 6.29 Å². The van der Waals surface area contributed by atoms with Crippen LogP contribution in [0.3, 0.4) is 0 Å². The minimum atomic E-state index is -0.465. The van der Waals surface area contributed by atoms with Crippen LogP contribution in [-0.2, 0) is 25.6 Å². The molecule has 5 nitrogen and oxygen atoms in total. The van der Waals surface area contributed by atoms with Crippen molar-refractivity contribution in [3.63, 3.8) is 0 Å². The van der Waals surface area contributed by atoms with Crippen molar-refractivity contribution in [1.29, 1.82) is 0 Å². The van der Waals surface area contributed by atoms with Gasteiger partial charge in [-0.25, -0.2) is 0 Å². The van der Waals surface area contributed by atoms with Crippen LogP contribution < -0.4 is 4.74 Å². The smallest absolute Gasteiger partial charge is 0.184 e. The molecule has 1 aliphatic rings. The summed E-state index contributed by atoms with van der Waals surface area (Å²) < 4.78 is 30.1. The lowest BCUT2D eigenvalue weighted by Gasteiger charge is -2.45. The molecule has 1 saturated heterocycles. The number of hydrogen-bond donors (Lipinski definition) is 0. The molecule has 0 spiro atoms. The lowest BCUT2D eigenvalue weighted by molar-refractivity contribution is -0.280. The Hall–Kier alpha value is -2.18. The predicted octanol–water partition coefficient (Wildman–Crippen LogP) is 6.30. The Kier molecular flexibility index (Phi) is 9.51. The van der Waals surface area contributed by atoms with E-state index >= 15 is 0 Å². The second kappa shape index (κ2) is 12.3. The van der Waals surface area contributed by atoms with Gasteiger partial charge in [-0.3, -0.25) is 0 Å². The summed E-state index contributed by atoms with van der Waals surface area (Å²) >= 11 is 0. The SMILES string of the molecule is C=C(C)[C@H]1O[C@@H](c2ccc(OC)cc2)O[C@@H]([C@@H](C)[C@@H](CC)OCOCc2ccccc2)[C@H]1C. The van der Waals surface area contributed by atoms with Crippen LogP contribution in [0.1, 0.15) is 51.5 Å². The Morgan fingerprint density at radius 2 is 1.76 bits per heavy atom. The van der Waals surface area contributed by atoms with Crippen molar-refractivity contribution >= 4 is 0 Å². The fraction of sp³-hybridized carbons (Fsp3) is 0.500. The zero-order valence-corrected chi connectivity index (χ0v) is 20.5. The first-order chi connectivity index (χ1) is 15.9. The van der Waals surface area contributed by atoms with Crippen LogP contribution in [0.4, 0.5) is 0 Å². The molecule has 0 saturated carbocycles. The number of methoxy groups -OCH3 is 1. The maximum absolute atomic E-state index is 6.53. The lowest BCUT2D eigenvalue weighted by Crippen LogP contribution is -2.48. The summed E-state index contributed by atoms with van der Waals surface area (Å²) in [7, 11) is 1.66. The minimum absolute atomic E-state index is 0.00797. The highest BCUT2D eigenvalue weighted by Crippen LogP contribution is 2.40. The largest absolute Gasteiger partial charge is 0.497 e. The van der Waals surface area contributed by atoms with Crippen LogP contribution in [0.15, 0.2) is 66.7 Å². The first kappa shape index (κ1) is 25.4. The molecule has 0 radical (unpaired) electrons. The summed E-state index contributed by atoms with van der Waals surface area (Å²) in [5.74, 6) is 1.10. The second-order valence-electron chi connectivity index (χ2n) is 8.89. The third-order valence-corrected chi connectivity index (χ3v) is 6.40. The Balaban J connectivity index is 1.66. The average Bonchev–Trinajstić information content (AvgIpc) is 2.84. The van der Waals surface area contributed by atoms with E-state index in [1.165, 1.54) is 0 Å². The number of rotatable bonds is 11. The van der Waals surface area contributed by atoms with Gasteiger partial charge in [-0.2, -0.15) is 0 Å². The quantitative estimate of drug-likeness (QED) is 0.227. The van der Waals surface area contributed by atoms with Crippen LogP contribution in [-0.4, -0.2) is 32.2 Å². The van der Waals surface area contributed by atoms with Crippen molar-refractivity contribution in [3.8, 4) is 5.75 Å². The van der Waals surface area contributed by atoms with Gasteiger partial charge in [0.2, 0.25) is 0 Å². The Bertz CT molecular complexity index is 850. The van der Waals surface area contributed by atoms with Crippen LogP contribution in [0.25, 0.3) is 0 Å². The average molecular weight is 455 g/mol. The third-order valence-electron chi connectivity index (χ3n) is 6.40. The van der Waals surface area contributed by atoms with Gasteiger partial charge >= 0.3 is 0 Å². The molecule has 0 aromatic heterocycles. The monoisotopic (exact) mass is 454 g/mol. The van der Waals surface area contributed by atoms with Gasteiger partial charge in [0.05, 0.1) is 32.0 Å². The first-order valence-electron chi connectivity index (χ1n) is 11.8. The van der Waals surface area contributed by atoms with Crippen LogP contribution >= 0.6 is 0 Å². The maximum atomic E-state index is 6.53. The second-order valence-corrected chi connectivity index (χ2v) is 8.89. The van der Waals surface area contributed by atoms with Gasteiger partial charge in [0.25, 0.3) is 0 Å². The molecular weight excluding hydrogens is 416 g/mol. The van der Waals surface area contributed by atoms with Gasteiger partial charge in [-0.15, -0.1) is 0 Å². The molecule has 0 unspecified atom stereocenters. The summed E-state index contributed by atoms with van der Waals surface area (Å²) in [6, 6.07) is 18.0. The Morgan fingerprint density at radius 3 is 2.36 bits per heavy atom. The van der Waals surface area contributed by atoms with Crippen molar-refractivity contribution in [1.82, 2.24) is 0 Å². The highest BCUT2D eigenvalue weighted by atomic mass is 16.7. The molecule has 1 heterocycles. The first-order valence-corrected chi connectivity index (χ1v) is 11.8. The zero-order chi connectivity index (χ0) is 23.8. The topological polar surface area (TPSA) is 46.2 Å². The molecule has 0 amide bonds. The number of benzene rings is 2. The molecule has 6 atom stereocenters. The van der Waals surface area contributed by atoms with E-state index in [4.69, 9.17) is 23.7 Å². The molecule has 5 heteroatoms. The van der Waals surface area contributed by atoms with Crippen molar-refractivity contribution in [2.45, 2.75) is 65.3 Å². The third kappa shape index (κ3) is 6.67. The normalized spacial score (nSPS) is 24.8. The minimum Gasteiger partial charge on any atom is -0.497 e. The van der Waals surface area contributed by atoms with E-state index in [2.05, 4.69) is 39.5 Å². The molecule has 1 fully saturated rings. The molecule has 33 heavy (non-hydrogen) atoms. The fourth-order valence-corrected chi connectivity index (χ4v) is 4.54. The summed E-state index contributed by atoms with van der Waals surface area (Å²) in [4.78, 5) is 0. The molecule has 0 bridgehead atoms. The van der Waals surface area contributed by atoms with E-state index in [0.29, 0.717) is 6.61 Å². The van der Waals surface area contributed by atoms with Crippen molar-refractivity contribution in [2.75, 3.05) is 13.9 Å². The van der Waals surface area contributed by atoms with E-state index in [1.54, 1.807) is 7.11 Å². The van der Waals surface area contributed by atoms with Crippen LogP contribution in [0.5, 0.6) is 5.75 Å². The van der Waals surface area contributed by atoms with Gasteiger partial charge in [0.15, 0.2) is 6.29 Å². The van der Waals surface area contributed by atoms with Gasteiger partial charge in [-0.1, -0.05) is 75.4 Å². The molecule has 1 aliphatic heterocycles. The summed E-state index contributed by atoms with van der Waals surface area (Å²) in [5, 5.41) is 0. The maximum Gasteiger partial charge on any atom is 0.184 e. The highest BCUT2D eigenvalue weighted by molar-refractivity contribution is 5.28. The van der Waals surface area contributed by atoms with Crippen molar-refractivity contribution in [2.24, 2.45) is 11.8 Å². The van der Waals surface area contributed by atoms with E-state index in [-0.39, 0.29) is 36.9 Å². The van der Waals surface area contributed by atoms with Crippen molar-refractivity contribution in [3.05, 3.63) is 77.9 Å². The predicted molar refractivity (Wildman–Crippen MR) is 130 cm³/mol. The Labute approximate surface area is 198 Å². The van der Waals surface area contributed by atoms with Crippen LogP contribution in [0, 0.1) is 11.8 Å². The van der Waals surface area contributed by atoms with Crippen LogP contribution in [0.2, 0.25) is 0 Å². The molecule has 180 valence electrons. The standard InChI is InChI=1S/C28H38O5/c1-7-25(31-18-30-17-22-11-9-8-10-12-22)20(4)27-21(5)26(19(2)3)32-28(33-27)23-13-15-24(29-6)16-14-23/h8-16,20-21,25-28H,2,7,17-18H2,1,3-6H3/t20-,21-,25+,26+,27-,28+/m0/s1. The van der Waals surface area contributed by atoms with E-state index in [9.17, 15) is 0 Å². The molecule has 2 aromatic rings. The van der Waals surface area contributed by atoms with E-state index in [1.807, 2.05) is 49.4 Å². The van der Waals surface area contributed by atoms with Crippen molar-refractivity contribution < 1.29 is 23.7 Å². The molecule has 0 N–H and O–H groups in total. The van der Waals surface area contributed by atoms with Gasteiger partial charge in [0.1, 0.15) is 12.5 Å². The summed E-state index contributed by atoms with van der Waals surface area (Å²) in [5.41, 5.74) is 3.10. The molecular formula is C28H38O5. The van der Waals surface area contributed by atoms with E-state index in [0.717, 1.165) is 28.9 Å². The lowest BCUT2D eigenvalue weighted by atomic mass is 9.82. The summed E-state index contributed by atoms with van der Waals surface area (Å²) in [6.07, 6.45) is 0.271. The molecule has 2 aromatic carbocycles. The highest BCUT2D eigenvalue weighted by Gasteiger charge is 2.42. The summed E-state index contributed by atoms with van der Waals surface area (Å²) in [6.45, 7) is 13.5. The molecule has 3 rings (SSSR count). The number of ether oxygens (including phenoxy) is 5. The molecule has 0 aliphatic carbocycles.